The van der Waals surface area contributed by atoms with Gasteiger partial charge in [0.25, 0.3) is 0 Å². The van der Waals surface area contributed by atoms with Gasteiger partial charge in [-0.1, -0.05) is 22.8 Å². The molecule has 0 saturated heterocycles. The fourth-order valence-corrected chi connectivity index (χ4v) is 4.30. The second kappa shape index (κ2) is 7.42. The largest absolute Gasteiger partial charge is 0.356 e. The Bertz CT molecular complexity index is 1440. The molecule has 4 heterocycles. The average Bonchev–Trinajstić information content (AvgIpc) is 3.43. The summed E-state index contributed by atoms with van der Waals surface area (Å²) in [6.07, 6.45) is 4.05. The third kappa shape index (κ3) is 3.11. The van der Waals surface area contributed by atoms with E-state index in [2.05, 4.69) is 25.1 Å². The highest BCUT2D eigenvalue weighted by atomic mass is 35.5. The Morgan fingerprint density at radius 2 is 1.94 bits per heavy atom. The molecule has 2 aromatic carbocycles. The number of rotatable bonds is 3. The fourth-order valence-electron chi connectivity index (χ4n) is 4.12. The number of anilines is 1. The van der Waals surface area contributed by atoms with E-state index < -0.39 is 0 Å². The highest BCUT2D eigenvalue weighted by Gasteiger charge is 2.27. The van der Waals surface area contributed by atoms with Gasteiger partial charge in [-0.25, -0.2) is 19.0 Å². The van der Waals surface area contributed by atoms with Gasteiger partial charge in [-0.15, -0.1) is 0 Å². The van der Waals surface area contributed by atoms with Crippen LogP contribution in [-0.2, 0) is 13.0 Å². The lowest BCUT2D eigenvalue weighted by molar-refractivity contribution is 0.423. The third-order valence-corrected chi connectivity index (χ3v) is 5.88. The van der Waals surface area contributed by atoms with Crippen LogP contribution in [-0.4, -0.2) is 31.4 Å². The summed E-state index contributed by atoms with van der Waals surface area (Å²) < 4.78 is 20.7. The molecule has 0 bridgehead atoms. The standard InChI is InChI=1S/C23H16ClFN6O/c24-15-2-1-3-17(10-15)31-23-19(11-28-31)22(26-13-27-23)30-9-8-18-20(12-30)29-32-21(18)14-4-6-16(25)7-5-14/h1-7,10-11,13H,8-9,12H2. The minimum atomic E-state index is -0.278. The van der Waals surface area contributed by atoms with Crippen LogP contribution in [0.3, 0.4) is 0 Å². The molecule has 0 saturated carbocycles. The van der Waals surface area contributed by atoms with Crippen molar-refractivity contribution in [2.75, 3.05) is 11.4 Å². The topological polar surface area (TPSA) is 72.9 Å². The van der Waals surface area contributed by atoms with Gasteiger partial charge < -0.3 is 9.42 Å². The summed E-state index contributed by atoms with van der Waals surface area (Å²) in [6, 6.07) is 13.7. The SMILES string of the molecule is Fc1ccc(-c2onc3c2CCN(c2ncnc4c2cnn4-c2cccc(Cl)c2)C3)cc1. The van der Waals surface area contributed by atoms with Crippen molar-refractivity contribution in [1.29, 1.82) is 0 Å². The summed E-state index contributed by atoms with van der Waals surface area (Å²) in [7, 11) is 0. The minimum absolute atomic E-state index is 0.278. The zero-order valence-electron chi connectivity index (χ0n) is 16.7. The van der Waals surface area contributed by atoms with Gasteiger partial charge >= 0.3 is 0 Å². The summed E-state index contributed by atoms with van der Waals surface area (Å²) in [4.78, 5) is 11.1. The van der Waals surface area contributed by atoms with Crippen LogP contribution in [0.15, 0.2) is 65.6 Å². The molecule has 0 unspecified atom stereocenters. The van der Waals surface area contributed by atoms with E-state index in [4.69, 9.17) is 16.1 Å². The van der Waals surface area contributed by atoms with E-state index in [-0.39, 0.29) is 5.82 Å². The van der Waals surface area contributed by atoms with Crippen molar-refractivity contribution < 1.29 is 8.91 Å². The van der Waals surface area contributed by atoms with E-state index in [1.54, 1.807) is 29.3 Å². The fraction of sp³-hybridized carbons (Fsp3) is 0.130. The first-order valence-electron chi connectivity index (χ1n) is 10.1. The van der Waals surface area contributed by atoms with Gasteiger partial charge in [-0.3, -0.25) is 0 Å². The molecule has 6 rings (SSSR count). The zero-order chi connectivity index (χ0) is 21.7. The molecule has 0 atom stereocenters. The molecule has 0 amide bonds. The number of hydrogen-bond acceptors (Lipinski definition) is 6. The number of fused-ring (bicyclic) bond motifs is 2. The Labute approximate surface area is 187 Å². The number of nitrogens with zero attached hydrogens (tertiary/aromatic N) is 6. The van der Waals surface area contributed by atoms with Crippen LogP contribution in [0, 0.1) is 5.82 Å². The Morgan fingerprint density at radius 3 is 2.78 bits per heavy atom. The maximum atomic E-state index is 13.3. The second-order valence-electron chi connectivity index (χ2n) is 7.59. The number of aromatic nitrogens is 5. The molecule has 0 spiro atoms. The van der Waals surface area contributed by atoms with Gasteiger partial charge in [0.2, 0.25) is 0 Å². The van der Waals surface area contributed by atoms with Crippen LogP contribution in [0.4, 0.5) is 10.2 Å². The Kier molecular flexibility index (Phi) is 4.39. The number of halogens is 2. The van der Waals surface area contributed by atoms with Crippen molar-refractivity contribution >= 4 is 28.5 Å². The lowest BCUT2D eigenvalue weighted by Gasteiger charge is -2.27. The lowest BCUT2D eigenvalue weighted by Crippen LogP contribution is -2.31. The van der Waals surface area contributed by atoms with Gasteiger partial charge in [0.15, 0.2) is 11.4 Å². The second-order valence-corrected chi connectivity index (χ2v) is 8.02. The molecular weight excluding hydrogens is 431 g/mol. The lowest BCUT2D eigenvalue weighted by atomic mass is 10.0. The molecule has 0 radical (unpaired) electrons. The van der Waals surface area contributed by atoms with Crippen molar-refractivity contribution in [1.82, 2.24) is 24.9 Å². The quantitative estimate of drug-likeness (QED) is 0.395. The van der Waals surface area contributed by atoms with E-state index in [1.807, 2.05) is 24.3 Å². The van der Waals surface area contributed by atoms with Crippen molar-refractivity contribution in [2.24, 2.45) is 0 Å². The van der Waals surface area contributed by atoms with E-state index in [1.165, 1.54) is 12.1 Å². The third-order valence-electron chi connectivity index (χ3n) is 5.65. The molecule has 3 aromatic heterocycles. The Hall–Kier alpha value is -3.78. The predicted octanol–water partition coefficient (Wildman–Crippen LogP) is 4.83. The summed E-state index contributed by atoms with van der Waals surface area (Å²) in [5.41, 5.74) is 4.26. The van der Waals surface area contributed by atoms with Crippen molar-refractivity contribution in [3.63, 3.8) is 0 Å². The van der Waals surface area contributed by atoms with Crippen LogP contribution in [0.25, 0.3) is 28.0 Å². The Balaban J connectivity index is 1.35. The van der Waals surface area contributed by atoms with Gasteiger partial charge in [-0.05, 0) is 48.9 Å². The normalized spacial score (nSPS) is 13.5. The van der Waals surface area contributed by atoms with E-state index in [0.29, 0.717) is 23.0 Å². The smallest absolute Gasteiger partial charge is 0.170 e. The first-order valence-corrected chi connectivity index (χ1v) is 10.5. The molecule has 0 fully saturated rings. The van der Waals surface area contributed by atoms with Crippen LogP contribution in [0.1, 0.15) is 11.3 Å². The van der Waals surface area contributed by atoms with Crippen molar-refractivity contribution in [2.45, 2.75) is 13.0 Å². The highest BCUT2D eigenvalue weighted by Crippen LogP contribution is 2.33. The molecule has 0 aliphatic carbocycles. The predicted molar refractivity (Wildman–Crippen MR) is 118 cm³/mol. The first kappa shape index (κ1) is 18.9. The van der Waals surface area contributed by atoms with Crippen LogP contribution >= 0.6 is 11.6 Å². The van der Waals surface area contributed by atoms with Gasteiger partial charge in [0.05, 0.1) is 23.8 Å². The molecule has 1 aliphatic rings. The van der Waals surface area contributed by atoms with Gasteiger partial charge in [-0.2, -0.15) is 5.10 Å². The maximum absolute atomic E-state index is 13.3. The minimum Gasteiger partial charge on any atom is -0.356 e. The van der Waals surface area contributed by atoms with Crippen molar-refractivity contribution in [3.8, 4) is 17.0 Å². The van der Waals surface area contributed by atoms with Crippen molar-refractivity contribution in [3.05, 3.63) is 83.2 Å². The number of benzene rings is 2. The molecule has 0 N–H and O–H groups in total. The summed E-state index contributed by atoms with van der Waals surface area (Å²) in [5.74, 6) is 1.21. The molecule has 5 aromatic rings. The highest BCUT2D eigenvalue weighted by molar-refractivity contribution is 6.30. The summed E-state index contributed by atoms with van der Waals surface area (Å²) >= 11 is 6.15. The summed E-state index contributed by atoms with van der Waals surface area (Å²) in [5, 5.41) is 10.3. The number of hydrogen-bond donors (Lipinski definition) is 0. The van der Waals surface area contributed by atoms with Crippen LogP contribution in [0.5, 0.6) is 0 Å². The van der Waals surface area contributed by atoms with E-state index in [9.17, 15) is 4.39 Å². The van der Waals surface area contributed by atoms with E-state index >= 15 is 0 Å². The molecule has 7 nitrogen and oxygen atoms in total. The molecular formula is C23H16ClFN6O. The van der Waals surface area contributed by atoms with Gasteiger partial charge in [0.1, 0.15) is 23.7 Å². The van der Waals surface area contributed by atoms with Crippen LogP contribution < -0.4 is 4.90 Å². The van der Waals surface area contributed by atoms with Crippen LogP contribution in [0.2, 0.25) is 5.02 Å². The maximum Gasteiger partial charge on any atom is 0.170 e. The Morgan fingerprint density at radius 1 is 1.06 bits per heavy atom. The van der Waals surface area contributed by atoms with Gasteiger partial charge in [0, 0.05) is 22.7 Å². The molecule has 9 heteroatoms. The average molecular weight is 447 g/mol. The van der Waals surface area contributed by atoms with E-state index in [0.717, 1.165) is 46.7 Å². The zero-order valence-corrected chi connectivity index (χ0v) is 17.5. The molecule has 158 valence electrons. The summed E-state index contributed by atoms with van der Waals surface area (Å²) in [6.45, 7) is 1.28. The first-order chi connectivity index (χ1) is 15.7. The molecule has 1 aliphatic heterocycles. The molecule has 32 heavy (non-hydrogen) atoms. The monoisotopic (exact) mass is 446 g/mol.